The van der Waals surface area contributed by atoms with Crippen molar-refractivity contribution in [2.45, 2.75) is 58.2 Å². The largest absolute Gasteiger partial charge is 0.449 e. The molecule has 30 heavy (non-hydrogen) atoms. The average molecular weight is 415 g/mol. The molecule has 0 aliphatic carbocycles. The highest BCUT2D eigenvalue weighted by molar-refractivity contribution is 6.01. The number of unbranched alkanes of at least 4 members (excludes halogenated alkanes) is 2. The molecule has 2 N–H and O–H groups in total. The molecule has 8 nitrogen and oxygen atoms in total. The quantitative estimate of drug-likeness (QED) is 0.384. The molecule has 162 valence electrons. The van der Waals surface area contributed by atoms with Crippen molar-refractivity contribution in [2.24, 2.45) is 11.3 Å². The number of benzene rings is 1. The number of hydrazine groups is 1. The third-order valence-corrected chi connectivity index (χ3v) is 6.12. The third-order valence-electron chi connectivity index (χ3n) is 6.12. The van der Waals surface area contributed by atoms with Crippen molar-refractivity contribution < 1.29 is 23.9 Å². The molecule has 3 rings (SSSR count). The molecule has 1 spiro atoms. The van der Waals surface area contributed by atoms with Crippen LogP contribution in [0.2, 0.25) is 0 Å². The number of hydrogen-bond acceptors (Lipinski definition) is 6. The number of nitrogens with zero attached hydrogens (tertiary/aromatic N) is 1. The van der Waals surface area contributed by atoms with Crippen LogP contribution in [0.1, 0.15) is 67.2 Å². The first-order chi connectivity index (χ1) is 14.3. The first kappa shape index (κ1) is 22.0. The van der Waals surface area contributed by atoms with E-state index in [2.05, 4.69) is 17.7 Å². The number of alkyl carbamates (subject to hydrolysis) is 1. The highest BCUT2D eigenvalue weighted by Crippen LogP contribution is 2.52. The minimum atomic E-state index is -1.06. The maximum atomic E-state index is 13.0. The van der Waals surface area contributed by atoms with Crippen LogP contribution in [0, 0.1) is 11.3 Å². The Hall–Kier alpha value is -2.74. The summed E-state index contributed by atoms with van der Waals surface area (Å²) >= 11 is 0. The summed E-state index contributed by atoms with van der Waals surface area (Å²) in [6, 6.07) is 6.24. The SMILES string of the molecule is CCCCC[C@H]1N(NC(=O)c2ccccc2C=O)[C@]12NC(=O)OCC(C)(C)[C@@H]2C=O. The molecule has 1 aromatic rings. The van der Waals surface area contributed by atoms with Gasteiger partial charge in [-0.25, -0.2) is 4.79 Å². The Morgan fingerprint density at radius 2 is 2.03 bits per heavy atom. The maximum absolute atomic E-state index is 13.0. The molecule has 0 saturated carbocycles. The molecule has 0 radical (unpaired) electrons. The fraction of sp³-hybridized carbons (Fsp3) is 0.545. The van der Waals surface area contributed by atoms with E-state index in [-0.39, 0.29) is 23.8 Å². The number of carbonyl (C=O) groups excluding carboxylic acids is 4. The Balaban J connectivity index is 1.93. The Morgan fingerprint density at radius 3 is 2.70 bits per heavy atom. The Morgan fingerprint density at radius 1 is 1.30 bits per heavy atom. The van der Waals surface area contributed by atoms with Crippen molar-refractivity contribution in [1.82, 2.24) is 15.8 Å². The standard InChI is InChI=1S/C22H29N3O5/c1-4-5-6-11-18-22(17(13-27)21(2,3)14-30-20(29)23-22)25(18)24-19(28)16-10-8-7-9-15(16)12-26/h7-10,12-13,17-18H,4-6,11,14H2,1-3H3,(H,23,29)(H,24,28)/t17-,18+,22-,25?/m0/s1. The number of ether oxygens (including phenoxy) is 1. The fourth-order valence-electron chi connectivity index (χ4n) is 4.45. The van der Waals surface area contributed by atoms with Gasteiger partial charge in [-0.05, 0) is 12.5 Å². The third kappa shape index (κ3) is 3.84. The van der Waals surface area contributed by atoms with Crippen molar-refractivity contribution >= 4 is 24.6 Å². The molecule has 2 fully saturated rings. The van der Waals surface area contributed by atoms with Crippen LogP contribution in [0.3, 0.4) is 0 Å². The minimum Gasteiger partial charge on any atom is -0.449 e. The monoisotopic (exact) mass is 415 g/mol. The lowest BCUT2D eigenvalue weighted by Crippen LogP contribution is -2.53. The summed E-state index contributed by atoms with van der Waals surface area (Å²) in [5, 5.41) is 4.50. The molecule has 0 bridgehead atoms. The molecule has 2 saturated heterocycles. The molecule has 0 aromatic heterocycles. The number of carbonyl (C=O) groups is 4. The number of rotatable bonds is 8. The average Bonchev–Trinajstić information content (AvgIpc) is 3.33. The molecular weight excluding hydrogens is 386 g/mol. The normalized spacial score (nSPS) is 29.3. The minimum absolute atomic E-state index is 0.0986. The molecule has 1 unspecified atom stereocenters. The summed E-state index contributed by atoms with van der Waals surface area (Å²) in [5.41, 5.74) is 1.67. The van der Waals surface area contributed by atoms with E-state index in [1.807, 2.05) is 13.8 Å². The predicted octanol–water partition coefficient (Wildman–Crippen LogP) is 2.69. The van der Waals surface area contributed by atoms with E-state index in [9.17, 15) is 19.2 Å². The second-order valence-electron chi connectivity index (χ2n) is 8.66. The lowest BCUT2D eigenvalue weighted by molar-refractivity contribution is -0.117. The molecular formula is C22H29N3O5. The Kier molecular flexibility index (Phi) is 6.26. The maximum Gasteiger partial charge on any atom is 0.408 e. The summed E-state index contributed by atoms with van der Waals surface area (Å²) in [6.07, 6.45) is 4.47. The van der Waals surface area contributed by atoms with Gasteiger partial charge in [0.25, 0.3) is 5.91 Å². The molecule has 8 heteroatoms. The number of aldehydes is 2. The Bertz CT molecular complexity index is 840. The van der Waals surface area contributed by atoms with Gasteiger partial charge < -0.3 is 9.53 Å². The van der Waals surface area contributed by atoms with Crippen LogP contribution in [0.25, 0.3) is 0 Å². The molecule has 1 aromatic carbocycles. The van der Waals surface area contributed by atoms with Crippen molar-refractivity contribution in [3.8, 4) is 0 Å². The smallest absolute Gasteiger partial charge is 0.408 e. The van der Waals surface area contributed by atoms with E-state index in [1.165, 1.54) is 0 Å². The topological polar surface area (TPSA) is 105 Å². The van der Waals surface area contributed by atoms with Gasteiger partial charge in [-0.2, -0.15) is 5.01 Å². The van der Waals surface area contributed by atoms with Crippen LogP contribution in [-0.2, 0) is 9.53 Å². The van der Waals surface area contributed by atoms with Crippen molar-refractivity contribution in [3.63, 3.8) is 0 Å². The van der Waals surface area contributed by atoms with Crippen LogP contribution in [0.15, 0.2) is 24.3 Å². The summed E-state index contributed by atoms with van der Waals surface area (Å²) in [5.74, 6) is -1.05. The van der Waals surface area contributed by atoms with Crippen molar-refractivity contribution in [3.05, 3.63) is 35.4 Å². The van der Waals surface area contributed by atoms with Crippen LogP contribution >= 0.6 is 0 Å². The van der Waals surface area contributed by atoms with Gasteiger partial charge in [-0.3, -0.25) is 20.3 Å². The lowest BCUT2D eigenvalue weighted by atomic mass is 9.74. The number of hydrogen-bond donors (Lipinski definition) is 2. The van der Waals surface area contributed by atoms with Gasteiger partial charge in [0.05, 0.1) is 24.1 Å². The van der Waals surface area contributed by atoms with Gasteiger partial charge in [0.15, 0.2) is 6.29 Å². The summed E-state index contributed by atoms with van der Waals surface area (Å²) in [4.78, 5) is 48.8. The summed E-state index contributed by atoms with van der Waals surface area (Å²) in [7, 11) is 0. The highest BCUT2D eigenvalue weighted by Gasteiger charge is 2.72. The van der Waals surface area contributed by atoms with E-state index in [4.69, 9.17) is 4.74 Å². The van der Waals surface area contributed by atoms with Gasteiger partial charge in [0, 0.05) is 11.0 Å². The van der Waals surface area contributed by atoms with Crippen LogP contribution < -0.4 is 10.7 Å². The van der Waals surface area contributed by atoms with Gasteiger partial charge in [0.1, 0.15) is 11.9 Å². The number of cyclic esters (lactones) is 1. The van der Waals surface area contributed by atoms with E-state index in [0.717, 1.165) is 25.5 Å². The molecule has 2 aliphatic rings. The van der Waals surface area contributed by atoms with E-state index < -0.39 is 29.0 Å². The van der Waals surface area contributed by atoms with Crippen molar-refractivity contribution in [1.29, 1.82) is 0 Å². The molecule has 2 amide bonds. The van der Waals surface area contributed by atoms with Crippen molar-refractivity contribution in [2.75, 3.05) is 6.61 Å². The first-order valence-corrected chi connectivity index (χ1v) is 10.4. The predicted molar refractivity (Wildman–Crippen MR) is 110 cm³/mol. The zero-order valence-corrected chi connectivity index (χ0v) is 17.6. The van der Waals surface area contributed by atoms with Gasteiger partial charge >= 0.3 is 6.09 Å². The fourth-order valence-corrected chi connectivity index (χ4v) is 4.45. The lowest BCUT2D eigenvalue weighted by Gasteiger charge is -2.32. The van der Waals surface area contributed by atoms with E-state index >= 15 is 0 Å². The first-order valence-electron chi connectivity index (χ1n) is 10.4. The van der Waals surface area contributed by atoms with Gasteiger partial charge in [0.2, 0.25) is 0 Å². The van der Waals surface area contributed by atoms with Gasteiger partial charge in [-0.15, -0.1) is 0 Å². The molecule has 2 heterocycles. The molecule has 2 aliphatic heterocycles. The number of nitrogens with one attached hydrogen (secondary N) is 2. The van der Waals surface area contributed by atoms with Gasteiger partial charge in [-0.1, -0.05) is 58.2 Å². The van der Waals surface area contributed by atoms with E-state index in [0.29, 0.717) is 12.7 Å². The zero-order chi connectivity index (χ0) is 21.9. The van der Waals surface area contributed by atoms with Crippen LogP contribution in [-0.4, -0.2) is 47.9 Å². The second-order valence-corrected chi connectivity index (χ2v) is 8.66. The van der Waals surface area contributed by atoms with Crippen LogP contribution in [0.5, 0.6) is 0 Å². The van der Waals surface area contributed by atoms with Crippen LogP contribution in [0.4, 0.5) is 4.79 Å². The second kappa shape index (κ2) is 8.55. The number of amides is 2. The summed E-state index contributed by atoms with van der Waals surface area (Å²) < 4.78 is 5.28. The molecule has 4 atom stereocenters. The zero-order valence-electron chi connectivity index (χ0n) is 17.6. The summed E-state index contributed by atoms with van der Waals surface area (Å²) in [6.45, 7) is 5.94. The highest BCUT2D eigenvalue weighted by atomic mass is 16.6. The Labute approximate surface area is 176 Å². The van der Waals surface area contributed by atoms with E-state index in [1.54, 1.807) is 29.3 Å².